The van der Waals surface area contributed by atoms with E-state index in [2.05, 4.69) is 4.98 Å². The zero-order valence-corrected chi connectivity index (χ0v) is 13.1. The smallest absolute Gasteiger partial charge is 0.308 e. The minimum atomic E-state index is -0.775. The van der Waals surface area contributed by atoms with E-state index in [4.69, 9.17) is 4.74 Å². The summed E-state index contributed by atoms with van der Waals surface area (Å²) in [6.45, 7) is 3.26. The zero-order valence-electron chi connectivity index (χ0n) is 13.1. The molecule has 2 atom stereocenters. The summed E-state index contributed by atoms with van der Waals surface area (Å²) in [5.74, 6) is -1.20. The highest BCUT2D eigenvalue weighted by Gasteiger charge is 2.30. The van der Waals surface area contributed by atoms with Crippen LogP contribution in [0.25, 0.3) is 10.9 Å². The van der Waals surface area contributed by atoms with Crippen LogP contribution in [0.15, 0.2) is 24.4 Å². The molecular weight excluding hydrogens is 299 g/mol. The molecule has 0 amide bonds. The van der Waals surface area contributed by atoms with E-state index in [1.54, 1.807) is 12.3 Å². The average molecular weight is 318 g/mol. The molecule has 122 valence electrons. The highest BCUT2D eigenvalue weighted by atomic mass is 19.1. The van der Waals surface area contributed by atoms with Crippen LogP contribution in [-0.2, 0) is 4.79 Å². The van der Waals surface area contributed by atoms with Crippen molar-refractivity contribution in [2.75, 3.05) is 25.1 Å². The van der Waals surface area contributed by atoms with E-state index in [1.165, 1.54) is 13.2 Å². The van der Waals surface area contributed by atoms with Crippen LogP contribution in [0, 0.1) is 17.7 Å². The summed E-state index contributed by atoms with van der Waals surface area (Å²) < 4.78 is 18.9. The molecule has 0 radical (unpaired) electrons. The molecule has 1 aliphatic rings. The molecule has 0 spiro atoms. The normalized spacial score (nSPS) is 21.4. The lowest BCUT2D eigenvalue weighted by molar-refractivity contribution is -0.142. The van der Waals surface area contributed by atoms with Gasteiger partial charge in [0.2, 0.25) is 0 Å². The Labute approximate surface area is 133 Å². The quantitative estimate of drug-likeness (QED) is 0.943. The Bertz CT molecular complexity index is 750. The molecule has 1 aromatic heterocycles. The van der Waals surface area contributed by atoms with Gasteiger partial charge >= 0.3 is 5.97 Å². The van der Waals surface area contributed by atoms with Crippen molar-refractivity contribution in [1.82, 2.24) is 4.98 Å². The van der Waals surface area contributed by atoms with Crippen molar-refractivity contribution in [3.8, 4) is 5.75 Å². The first-order chi connectivity index (χ1) is 11.0. The Morgan fingerprint density at radius 2 is 2.22 bits per heavy atom. The van der Waals surface area contributed by atoms with Crippen molar-refractivity contribution in [3.05, 3.63) is 30.2 Å². The van der Waals surface area contributed by atoms with E-state index >= 15 is 0 Å². The summed E-state index contributed by atoms with van der Waals surface area (Å²) >= 11 is 0. The fourth-order valence-electron chi connectivity index (χ4n) is 3.29. The molecule has 2 unspecified atom stereocenters. The van der Waals surface area contributed by atoms with E-state index in [-0.39, 0.29) is 11.7 Å². The standard InChI is InChI=1S/C17H19FN2O3/c1-10-5-11(17(21)22)9-20(8-10)15-3-4-19-14-7-13(18)16(23-2)6-12(14)15/h3-4,6-7,10-11H,5,8-9H2,1-2H3,(H,21,22). The first-order valence-corrected chi connectivity index (χ1v) is 7.59. The van der Waals surface area contributed by atoms with Gasteiger partial charge in [0, 0.05) is 36.4 Å². The third-order valence-corrected chi connectivity index (χ3v) is 4.34. The van der Waals surface area contributed by atoms with Crippen LogP contribution in [0.5, 0.6) is 5.75 Å². The number of nitrogens with zero attached hydrogens (tertiary/aromatic N) is 2. The van der Waals surface area contributed by atoms with E-state index < -0.39 is 17.7 Å². The van der Waals surface area contributed by atoms with Gasteiger partial charge < -0.3 is 14.7 Å². The molecule has 2 heterocycles. The highest BCUT2D eigenvalue weighted by Crippen LogP contribution is 2.34. The number of anilines is 1. The van der Waals surface area contributed by atoms with Gasteiger partial charge in [-0.05, 0) is 24.5 Å². The first kappa shape index (κ1) is 15.5. The number of rotatable bonds is 3. The molecule has 1 fully saturated rings. The third kappa shape index (κ3) is 2.93. The largest absolute Gasteiger partial charge is 0.494 e. The van der Waals surface area contributed by atoms with Gasteiger partial charge in [0.05, 0.1) is 18.5 Å². The molecule has 1 aliphatic heterocycles. The van der Waals surface area contributed by atoms with E-state index in [9.17, 15) is 14.3 Å². The van der Waals surface area contributed by atoms with Crippen LogP contribution in [0.1, 0.15) is 13.3 Å². The summed E-state index contributed by atoms with van der Waals surface area (Å²) in [6.07, 6.45) is 2.30. The first-order valence-electron chi connectivity index (χ1n) is 7.59. The molecule has 1 aromatic carbocycles. The summed E-state index contributed by atoms with van der Waals surface area (Å²) in [7, 11) is 1.42. The van der Waals surface area contributed by atoms with Crippen molar-refractivity contribution < 1.29 is 19.0 Å². The lowest BCUT2D eigenvalue weighted by atomic mass is 9.90. The van der Waals surface area contributed by atoms with Crippen molar-refractivity contribution in [2.24, 2.45) is 11.8 Å². The summed E-state index contributed by atoms with van der Waals surface area (Å²) in [6, 6.07) is 4.82. The Morgan fingerprint density at radius 1 is 1.43 bits per heavy atom. The molecule has 0 aliphatic carbocycles. The van der Waals surface area contributed by atoms with Gasteiger partial charge in [0.1, 0.15) is 0 Å². The van der Waals surface area contributed by atoms with Gasteiger partial charge in [-0.1, -0.05) is 6.92 Å². The Hall–Kier alpha value is -2.37. The van der Waals surface area contributed by atoms with Crippen molar-refractivity contribution in [1.29, 1.82) is 0 Å². The van der Waals surface area contributed by atoms with Crippen LogP contribution < -0.4 is 9.64 Å². The minimum absolute atomic E-state index is 0.159. The summed E-state index contributed by atoms with van der Waals surface area (Å²) in [5.41, 5.74) is 1.40. The molecule has 6 heteroatoms. The van der Waals surface area contributed by atoms with Crippen LogP contribution in [0.4, 0.5) is 10.1 Å². The number of hydrogen-bond donors (Lipinski definition) is 1. The molecule has 1 saturated heterocycles. The summed E-state index contributed by atoms with van der Waals surface area (Å²) in [4.78, 5) is 17.6. The van der Waals surface area contributed by atoms with Gasteiger partial charge in [0.25, 0.3) is 0 Å². The SMILES string of the molecule is COc1cc2c(N3CC(C)CC(C(=O)O)C3)ccnc2cc1F. The molecule has 23 heavy (non-hydrogen) atoms. The molecule has 0 bridgehead atoms. The van der Waals surface area contributed by atoms with Gasteiger partial charge in [-0.25, -0.2) is 4.39 Å². The maximum atomic E-state index is 13.9. The lowest BCUT2D eigenvalue weighted by Crippen LogP contribution is -2.42. The van der Waals surface area contributed by atoms with Gasteiger partial charge in [-0.15, -0.1) is 0 Å². The molecule has 5 nitrogen and oxygen atoms in total. The van der Waals surface area contributed by atoms with Crippen LogP contribution in [-0.4, -0.2) is 36.3 Å². The Kier molecular flexibility index (Phi) is 4.07. The van der Waals surface area contributed by atoms with Gasteiger partial charge in [-0.3, -0.25) is 9.78 Å². The summed E-state index contributed by atoms with van der Waals surface area (Å²) in [5, 5.41) is 10.1. The number of halogens is 1. The number of piperidine rings is 1. The number of carbonyl (C=O) groups is 1. The van der Waals surface area contributed by atoms with Crippen LogP contribution in [0.3, 0.4) is 0 Å². The maximum absolute atomic E-state index is 13.9. The number of benzene rings is 1. The number of aliphatic carboxylic acids is 1. The number of carboxylic acids is 1. The molecular formula is C17H19FN2O3. The molecule has 1 N–H and O–H groups in total. The van der Waals surface area contributed by atoms with E-state index in [0.29, 0.717) is 18.5 Å². The van der Waals surface area contributed by atoms with Crippen molar-refractivity contribution >= 4 is 22.6 Å². The average Bonchev–Trinajstić information content (AvgIpc) is 2.52. The predicted molar refractivity (Wildman–Crippen MR) is 85.4 cm³/mol. The van der Waals surface area contributed by atoms with Crippen molar-refractivity contribution in [2.45, 2.75) is 13.3 Å². The highest BCUT2D eigenvalue weighted by molar-refractivity contribution is 5.93. The number of methoxy groups -OCH3 is 1. The van der Waals surface area contributed by atoms with Gasteiger partial charge in [0.15, 0.2) is 11.6 Å². The monoisotopic (exact) mass is 318 g/mol. The number of ether oxygens (including phenoxy) is 1. The van der Waals surface area contributed by atoms with E-state index in [0.717, 1.165) is 17.6 Å². The second kappa shape index (κ2) is 6.02. The Balaban J connectivity index is 2.06. The topological polar surface area (TPSA) is 62.7 Å². The number of aromatic nitrogens is 1. The zero-order chi connectivity index (χ0) is 16.6. The number of hydrogen-bond acceptors (Lipinski definition) is 4. The minimum Gasteiger partial charge on any atom is -0.494 e. The predicted octanol–water partition coefficient (Wildman–Crippen LogP) is 2.93. The lowest BCUT2D eigenvalue weighted by Gasteiger charge is -2.36. The third-order valence-electron chi connectivity index (χ3n) is 4.34. The maximum Gasteiger partial charge on any atom is 0.308 e. The van der Waals surface area contributed by atoms with Crippen LogP contribution in [0.2, 0.25) is 0 Å². The van der Waals surface area contributed by atoms with E-state index in [1.807, 2.05) is 17.9 Å². The molecule has 0 saturated carbocycles. The number of carboxylic acid groups (broad SMARTS) is 1. The second-order valence-electron chi connectivity index (χ2n) is 6.11. The van der Waals surface area contributed by atoms with Crippen LogP contribution >= 0.6 is 0 Å². The fraction of sp³-hybridized carbons (Fsp3) is 0.412. The molecule has 2 aromatic rings. The van der Waals surface area contributed by atoms with Crippen molar-refractivity contribution in [3.63, 3.8) is 0 Å². The second-order valence-corrected chi connectivity index (χ2v) is 6.11. The fourth-order valence-corrected chi connectivity index (χ4v) is 3.29. The molecule has 3 rings (SSSR count). The number of fused-ring (bicyclic) bond motifs is 1. The Morgan fingerprint density at radius 3 is 2.91 bits per heavy atom. The number of pyridine rings is 1. The van der Waals surface area contributed by atoms with Gasteiger partial charge in [-0.2, -0.15) is 0 Å².